The molecule has 172 valence electrons. The predicted molar refractivity (Wildman–Crippen MR) is 141 cm³/mol. The van der Waals surface area contributed by atoms with Crippen molar-refractivity contribution in [2.45, 2.75) is 6.92 Å². The van der Waals surface area contributed by atoms with Gasteiger partial charge in [0.1, 0.15) is 11.5 Å². The summed E-state index contributed by atoms with van der Waals surface area (Å²) in [4.78, 5) is 31.0. The molecule has 2 aromatic heterocycles. The zero-order valence-corrected chi connectivity index (χ0v) is 19.6. The third-order valence-electron chi connectivity index (χ3n) is 5.56. The van der Waals surface area contributed by atoms with Crippen molar-refractivity contribution in [3.63, 3.8) is 0 Å². The molecule has 0 bridgehead atoms. The van der Waals surface area contributed by atoms with Crippen molar-refractivity contribution in [2.24, 2.45) is 0 Å². The highest BCUT2D eigenvalue weighted by atomic mass is 35.5. The molecular weight excluding hydrogens is 460 g/mol. The van der Waals surface area contributed by atoms with Crippen LogP contribution in [0.4, 0.5) is 17.2 Å². The maximum Gasteiger partial charge on any atom is 0.274 e. The Morgan fingerprint density at radius 1 is 0.857 bits per heavy atom. The smallest absolute Gasteiger partial charge is 0.274 e. The van der Waals surface area contributed by atoms with E-state index in [2.05, 4.69) is 15.6 Å². The van der Waals surface area contributed by atoms with E-state index >= 15 is 0 Å². The second kappa shape index (κ2) is 9.44. The number of nitrogens with zero attached hydrogens (tertiary/aromatic N) is 2. The van der Waals surface area contributed by atoms with Crippen molar-refractivity contribution >= 4 is 45.7 Å². The zero-order chi connectivity index (χ0) is 24.4. The van der Waals surface area contributed by atoms with Gasteiger partial charge in [-0.05, 0) is 67.1 Å². The SMILES string of the molecule is Cc1cc(C(=O)Nc2ccc(Cl)cc2)nc2c1c(=O)cc(Nc1ccccc1)n2-c1ccccc1. The molecule has 0 spiro atoms. The molecule has 0 aliphatic rings. The summed E-state index contributed by atoms with van der Waals surface area (Å²) >= 11 is 5.95. The van der Waals surface area contributed by atoms with Gasteiger partial charge in [-0.25, -0.2) is 4.98 Å². The van der Waals surface area contributed by atoms with Crippen LogP contribution in [0.5, 0.6) is 0 Å². The molecule has 0 saturated carbocycles. The highest BCUT2D eigenvalue weighted by Crippen LogP contribution is 2.26. The van der Waals surface area contributed by atoms with E-state index in [4.69, 9.17) is 11.6 Å². The lowest BCUT2D eigenvalue weighted by Gasteiger charge is -2.19. The molecule has 5 aromatic rings. The third kappa shape index (κ3) is 4.65. The molecule has 2 N–H and O–H groups in total. The second-order valence-corrected chi connectivity index (χ2v) is 8.48. The zero-order valence-electron chi connectivity index (χ0n) is 18.8. The summed E-state index contributed by atoms with van der Waals surface area (Å²) in [5, 5.41) is 7.20. The Labute approximate surface area is 206 Å². The van der Waals surface area contributed by atoms with E-state index < -0.39 is 0 Å². The average molecular weight is 481 g/mol. The fourth-order valence-corrected chi connectivity index (χ4v) is 4.07. The number of benzene rings is 3. The van der Waals surface area contributed by atoms with Crippen molar-refractivity contribution in [3.8, 4) is 5.69 Å². The number of aryl methyl sites for hydroxylation is 1. The molecule has 2 heterocycles. The summed E-state index contributed by atoms with van der Waals surface area (Å²) < 4.78 is 1.86. The second-order valence-electron chi connectivity index (χ2n) is 8.04. The molecule has 0 aliphatic heterocycles. The minimum absolute atomic E-state index is 0.180. The number of nitrogens with one attached hydrogen (secondary N) is 2. The summed E-state index contributed by atoms with van der Waals surface area (Å²) in [6.07, 6.45) is 0. The minimum Gasteiger partial charge on any atom is -0.341 e. The molecule has 35 heavy (non-hydrogen) atoms. The number of rotatable bonds is 5. The fraction of sp³-hybridized carbons (Fsp3) is 0.0357. The van der Waals surface area contributed by atoms with Gasteiger partial charge in [-0.15, -0.1) is 0 Å². The first-order valence-corrected chi connectivity index (χ1v) is 11.4. The number of hydrogen-bond acceptors (Lipinski definition) is 4. The summed E-state index contributed by atoms with van der Waals surface area (Å²) in [6.45, 7) is 1.81. The van der Waals surface area contributed by atoms with Gasteiger partial charge in [0.2, 0.25) is 0 Å². The quantitative estimate of drug-likeness (QED) is 0.307. The molecule has 7 heteroatoms. The average Bonchev–Trinajstić information content (AvgIpc) is 2.86. The molecule has 0 atom stereocenters. The van der Waals surface area contributed by atoms with Crippen LogP contribution in [0.25, 0.3) is 16.7 Å². The van der Waals surface area contributed by atoms with Gasteiger partial charge in [0.25, 0.3) is 5.91 Å². The fourth-order valence-electron chi connectivity index (χ4n) is 3.94. The van der Waals surface area contributed by atoms with E-state index in [1.165, 1.54) is 0 Å². The van der Waals surface area contributed by atoms with E-state index in [0.29, 0.717) is 33.1 Å². The molecule has 0 saturated heterocycles. The molecule has 0 unspecified atom stereocenters. The third-order valence-corrected chi connectivity index (χ3v) is 5.81. The number of pyridine rings is 2. The van der Waals surface area contributed by atoms with E-state index in [9.17, 15) is 9.59 Å². The lowest BCUT2D eigenvalue weighted by atomic mass is 10.1. The van der Waals surface area contributed by atoms with Crippen LogP contribution in [0, 0.1) is 6.92 Å². The van der Waals surface area contributed by atoms with Crippen molar-refractivity contribution in [1.29, 1.82) is 0 Å². The molecule has 0 aliphatic carbocycles. The van der Waals surface area contributed by atoms with Gasteiger partial charge in [0.05, 0.1) is 5.39 Å². The van der Waals surface area contributed by atoms with E-state index in [1.807, 2.05) is 72.2 Å². The van der Waals surface area contributed by atoms with Crippen LogP contribution in [0.15, 0.2) is 102 Å². The van der Waals surface area contributed by atoms with E-state index in [1.54, 1.807) is 36.4 Å². The van der Waals surface area contributed by atoms with Crippen molar-refractivity contribution in [2.75, 3.05) is 10.6 Å². The number of amides is 1. The maximum absolute atomic E-state index is 13.2. The normalized spacial score (nSPS) is 10.8. The van der Waals surface area contributed by atoms with Gasteiger partial charge >= 0.3 is 0 Å². The first kappa shape index (κ1) is 22.4. The van der Waals surface area contributed by atoms with Crippen LogP contribution in [-0.2, 0) is 0 Å². The number of halogens is 1. The molecule has 3 aromatic carbocycles. The Bertz CT molecular complexity index is 1580. The highest BCUT2D eigenvalue weighted by molar-refractivity contribution is 6.30. The van der Waals surface area contributed by atoms with Crippen LogP contribution in [0.3, 0.4) is 0 Å². The summed E-state index contributed by atoms with van der Waals surface area (Å²) in [5.74, 6) is 0.160. The molecule has 6 nitrogen and oxygen atoms in total. The number of fused-ring (bicyclic) bond motifs is 1. The Kier molecular flexibility index (Phi) is 6.04. The van der Waals surface area contributed by atoms with E-state index in [0.717, 1.165) is 11.4 Å². The Balaban J connectivity index is 1.69. The van der Waals surface area contributed by atoms with Crippen molar-refractivity contribution in [1.82, 2.24) is 9.55 Å². The monoisotopic (exact) mass is 480 g/mol. The van der Waals surface area contributed by atoms with E-state index in [-0.39, 0.29) is 17.0 Å². The lowest BCUT2D eigenvalue weighted by molar-refractivity contribution is 0.102. The molecular formula is C28H21ClN4O2. The number of carbonyl (C=O) groups is 1. The van der Waals surface area contributed by atoms with Gasteiger partial charge in [0, 0.05) is 28.2 Å². The van der Waals surface area contributed by atoms with Crippen molar-refractivity contribution in [3.05, 3.63) is 124 Å². The Morgan fingerprint density at radius 2 is 1.51 bits per heavy atom. The summed E-state index contributed by atoms with van der Waals surface area (Å²) in [6, 6.07) is 29.2. The first-order chi connectivity index (χ1) is 17.0. The predicted octanol–water partition coefficient (Wildman–Crippen LogP) is 6.34. The van der Waals surface area contributed by atoms with Crippen LogP contribution in [0.2, 0.25) is 5.02 Å². The van der Waals surface area contributed by atoms with Gasteiger partial charge in [-0.1, -0.05) is 48.0 Å². The van der Waals surface area contributed by atoms with Gasteiger partial charge in [-0.2, -0.15) is 0 Å². The maximum atomic E-state index is 13.2. The lowest BCUT2D eigenvalue weighted by Crippen LogP contribution is -2.19. The largest absolute Gasteiger partial charge is 0.341 e. The molecule has 0 fully saturated rings. The van der Waals surface area contributed by atoms with Gasteiger partial charge < -0.3 is 10.6 Å². The molecule has 0 radical (unpaired) electrons. The standard InChI is InChI=1S/C28H21ClN4O2/c1-18-16-23(28(35)31-21-14-12-19(29)13-15-21)32-27-26(18)24(34)17-25(30-20-8-4-2-5-9-20)33(27)22-10-6-3-7-11-22/h2-17,30H,1H3,(H,31,35). The first-order valence-electron chi connectivity index (χ1n) is 11.0. The number of hydrogen-bond donors (Lipinski definition) is 2. The van der Waals surface area contributed by atoms with Crippen molar-refractivity contribution < 1.29 is 4.79 Å². The number of para-hydroxylation sites is 2. The topological polar surface area (TPSA) is 76.0 Å². The summed E-state index contributed by atoms with van der Waals surface area (Å²) in [7, 11) is 0. The van der Waals surface area contributed by atoms with Crippen LogP contribution in [-0.4, -0.2) is 15.5 Å². The van der Waals surface area contributed by atoms with Gasteiger partial charge in [0.15, 0.2) is 11.1 Å². The van der Waals surface area contributed by atoms with Crippen LogP contribution in [0.1, 0.15) is 16.1 Å². The number of anilines is 3. The highest BCUT2D eigenvalue weighted by Gasteiger charge is 2.18. The van der Waals surface area contributed by atoms with Crippen LogP contribution >= 0.6 is 11.6 Å². The number of carbonyl (C=O) groups excluding carboxylic acids is 1. The van der Waals surface area contributed by atoms with Gasteiger partial charge in [-0.3, -0.25) is 14.2 Å². The Morgan fingerprint density at radius 3 is 2.20 bits per heavy atom. The van der Waals surface area contributed by atoms with Crippen LogP contribution < -0.4 is 16.1 Å². The molecule has 5 rings (SSSR count). The minimum atomic E-state index is -0.384. The molecule has 1 amide bonds. The number of aromatic nitrogens is 2. The Hall–Kier alpha value is -4.42. The summed E-state index contributed by atoms with van der Waals surface area (Å²) in [5.41, 5.74) is 3.30.